The maximum Gasteiger partial charge on any atom is 0.0973 e. The lowest BCUT2D eigenvalue weighted by Crippen LogP contribution is -2.43. The van der Waals surface area contributed by atoms with Crippen LogP contribution in [0.25, 0.3) is 0 Å². The summed E-state index contributed by atoms with van der Waals surface area (Å²) in [6.45, 7) is 4.11. The molecule has 18 heavy (non-hydrogen) atoms. The first kappa shape index (κ1) is 13.5. The molecule has 3 unspecified atom stereocenters. The second kappa shape index (κ2) is 5.39. The molecule has 3 atom stereocenters. The summed E-state index contributed by atoms with van der Waals surface area (Å²) in [4.78, 5) is 0. The van der Waals surface area contributed by atoms with E-state index >= 15 is 0 Å². The number of hydrogen-bond acceptors (Lipinski definition) is 3. The highest BCUT2D eigenvalue weighted by Gasteiger charge is 2.26. The Kier molecular flexibility index (Phi) is 4.05. The molecule has 0 bridgehead atoms. The van der Waals surface area contributed by atoms with Gasteiger partial charge in [0.1, 0.15) is 0 Å². The first-order chi connectivity index (χ1) is 8.53. The van der Waals surface area contributed by atoms with E-state index in [1.54, 1.807) is 6.92 Å². The zero-order chi connectivity index (χ0) is 13.2. The minimum Gasteiger partial charge on any atom is -0.393 e. The summed E-state index contributed by atoms with van der Waals surface area (Å²) in [5.74, 6) is 0.609. The second-order valence-corrected chi connectivity index (χ2v) is 5.70. The maximum absolute atomic E-state index is 9.84. The van der Waals surface area contributed by atoms with Crippen molar-refractivity contribution < 1.29 is 10.2 Å². The average Bonchev–Trinajstić information content (AvgIpc) is 2.38. The van der Waals surface area contributed by atoms with Gasteiger partial charge in [0.05, 0.1) is 12.2 Å². The molecule has 1 aliphatic carbocycles. The van der Waals surface area contributed by atoms with Crippen LogP contribution < -0.4 is 5.32 Å². The Balaban J connectivity index is 2.10. The monoisotopic (exact) mass is 249 g/mol. The quantitative estimate of drug-likeness (QED) is 0.764. The van der Waals surface area contributed by atoms with Crippen molar-refractivity contribution in [2.24, 2.45) is 0 Å². The van der Waals surface area contributed by atoms with Gasteiger partial charge in [0.2, 0.25) is 0 Å². The molecule has 0 aromatic heterocycles. The van der Waals surface area contributed by atoms with Crippen molar-refractivity contribution in [2.75, 3.05) is 13.2 Å². The molecule has 0 fully saturated rings. The van der Waals surface area contributed by atoms with Crippen molar-refractivity contribution in [2.45, 2.75) is 44.2 Å². The lowest BCUT2D eigenvalue weighted by Gasteiger charge is -2.32. The summed E-state index contributed by atoms with van der Waals surface area (Å²) in [5, 5.41) is 22.3. The Morgan fingerprint density at radius 2 is 1.94 bits per heavy atom. The zero-order valence-electron chi connectivity index (χ0n) is 11.2. The molecule has 1 aromatic rings. The van der Waals surface area contributed by atoms with Gasteiger partial charge in [0, 0.05) is 12.6 Å². The van der Waals surface area contributed by atoms with Crippen LogP contribution >= 0.6 is 0 Å². The minimum absolute atomic E-state index is 0.217. The molecule has 0 aliphatic heterocycles. The van der Waals surface area contributed by atoms with E-state index < -0.39 is 5.60 Å². The number of aliphatic hydroxyl groups excluding tert-OH is 1. The van der Waals surface area contributed by atoms with Crippen molar-refractivity contribution in [3.8, 4) is 0 Å². The molecule has 100 valence electrons. The summed E-state index contributed by atoms with van der Waals surface area (Å²) >= 11 is 0. The molecule has 0 radical (unpaired) electrons. The van der Waals surface area contributed by atoms with E-state index in [1.165, 1.54) is 11.1 Å². The standard InChI is InChI=1S/C15H23NO2/c1-11-7-8-14(16-9-15(2,18)10-17)13-6-4-3-5-12(11)13/h3-6,11,14,16-18H,7-10H2,1-2H3. The van der Waals surface area contributed by atoms with Crippen molar-refractivity contribution in [1.82, 2.24) is 5.32 Å². The van der Waals surface area contributed by atoms with Crippen LogP contribution in [0.3, 0.4) is 0 Å². The maximum atomic E-state index is 9.84. The number of aliphatic hydroxyl groups is 2. The third-order valence-corrected chi connectivity index (χ3v) is 3.86. The molecule has 0 amide bonds. The molecule has 0 saturated heterocycles. The predicted octanol–water partition coefficient (Wildman–Crippen LogP) is 1.96. The van der Waals surface area contributed by atoms with E-state index in [1.807, 2.05) is 0 Å². The zero-order valence-corrected chi connectivity index (χ0v) is 11.2. The van der Waals surface area contributed by atoms with Crippen LogP contribution in [0.5, 0.6) is 0 Å². The lowest BCUT2D eigenvalue weighted by atomic mass is 9.81. The first-order valence-corrected chi connectivity index (χ1v) is 6.69. The number of benzene rings is 1. The van der Waals surface area contributed by atoms with E-state index in [4.69, 9.17) is 5.11 Å². The molecule has 0 saturated carbocycles. The molecule has 0 heterocycles. The summed E-state index contributed by atoms with van der Waals surface area (Å²) in [5.41, 5.74) is 1.70. The fraction of sp³-hybridized carbons (Fsp3) is 0.600. The Bertz CT molecular complexity index is 403. The van der Waals surface area contributed by atoms with Gasteiger partial charge in [-0.05, 0) is 36.8 Å². The Morgan fingerprint density at radius 1 is 1.28 bits per heavy atom. The van der Waals surface area contributed by atoms with Gasteiger partial charge in [-0.25, -0.2) is 0 Å². The normalized spacial score (nSPS) is 26.4. The third-order valence-electron chi connectivity index (χ3n) is 3.86. The van der Waals surface area contributed by atoms with Gasteiger partial charge in [-0.15, -0.1) is 0 Å². The molecule has 0 spiro atoms. The highest BCUT2D eigenvalue weighted by molar-refractivity contribution is 5.34. The summed E-state index contributed by atoms with van der Waals surface area (Å²) in [7, 11) is 0. The highest BCUT2D eigenvalue weighted by Crippen LogP contribution is 2.36. The van der Waals surface area contributed by atoms with E-state index in [-0.39, 0.29) is 12.6 Å². The molecular formula is C15H23NO2. The molecule has 3 N–H and O–H groups in total. The van der Waals surface area contributed by atoms with E-state index in [2.05, 4.69) is 36.5 Å². The molecule has 1 aliphatic rings. The highest BCUT2D eigenvalue weighted by atomic mass is 16.3. The van der Waals surface area contributed by atoms with Crippen LogP contribution in [0.15, 0.2) is 24.3 Å². The van der Waals surface area contributed by atoms with Gasteiger partial charge in [0.15, 0.2) is 0 Å². The first-order valence-electron chi connectivity index (χ1n) is 6.69. The van der Waals surface area contributed by atoms with Crippen LogP contribution in [-0.2, 0) is 0 Å². The van der Waals surface area contributed by atoms with E-state index in [0.29, 0.717) is 12.5 Å². The van der Waals surface area contributed by atoms with Crippen molar-refractivity contribution in [3.05, 3.63) is 35.4 Å². The number of rotatable bonds is 4. The Hall–Kier alpha value is -0.900. The molecule has 1 aromatic carbocycles. The minimum atomic E-state index is -1.04. The summed E-state index contributed by atoms with van der Waals surface area (Å²) in [6.07, 6.45) is 2.25. The fourth-order valence-electron chi connectivity index (χ4n) is 2.62. The second-order valence-electron chi connectivity index (χ2n) is 5.70. The van der Waals surface area contributed by atoms with Crippen molar-refractivity contribution in [3.63, 3.8) is 0 Å². The van der Waals surface area contributed by atoms with E-state index in [0.717, 1.165) is 12.8 Å². The van der Waals surface area contributed by atoms with E-state index in [9.17, 15) is 5.11 Å². The SMILES string of the molecule is CC1CCC(NCC(C)(O)CO)c2ccccc21. The molecule has 2 rings (SSSR count). The van der Waals surface area contributed by atoms with Gasteiger partial charge >= 0.3 is 0 Å². The summed E-state index contributed by atoms with van der Waals surface area (Å²) in [6, 6.07) is 8.79. The largest absolute Gasteiger partial charge is 0.393 e. The predicted molar refractivity (Wildman–Crippen MR) is 72.5 cm³/mol. The molecule has 3 nitrogen and oxygen atoms in total. The van der Waals surface area contributed by atoms with Gasteiger partial charge in [-0.3, -0.25) is 0 Å². The number of nitrogens with one attached hydrogen (secondary N) is 1. The number of hydrogen-bond donors (Lipinski definition) is 3. The van der Waals surface area contributed by atoms with Crippen molar-refractivity contribution in [1.29, 1.82) is 0 Å². The van der Waals surface area contributed by atoms with Crippen LogP contribution in [-0.4, -0.2) is 29.0 Å². The Morgan fingerprint density at radius 3 is 2.61 bits per heavy atom. The third kappa shape index (κ3) is 2.91. The van der Waals surface area contributed by atoms with Gasteiger partial charge in [-0.2, -0.15) is 0 Å². The van der Waals surface area contributed by atoms with Crippen LogP contribution in [0, 0.1) is 0 Å². The Labute approximate surface area is 109 Å². The lowest BCUT2D eigenvalue weighted by molar-refractivity contribution is 0.000239. The smallest absolute Gasteiger partial charge is 0.0973 e. The van der Waals surface area contributed by atoms with Gasteiger partial charge in [-0.1, -0.05) is 31.2 Å². The fourth-order valence-corrected chi connectivity index (χ4v) is 2.62. The van der Waals surface area contributed by atoms with Crippen molar-refractivity contribution >= 4 is 0 Å². The van der Waals surface area contributed by atoms with Crippen LogP contribution in [0.2, 0.25) is 0 Å². The average molecular weight is 249 g/mol. The van der Waals surface area contributed by atoms with Gasteiger partial charge in [0.25, 0.3) is 0 Å². The van der Waals surface area contributed by atoms with Crippen LogP contribution in [0.1, 0.15) is 49.8 Å². The van der Waals surface area contributed by atoms with Crippen LogP contribution in [0.4, 0.5) is 0 Å². The summed E-state index contributed by atoms with van der Waals surface area (Å²) < 4.78 is 0. The van der Waals surface area contributed by atoms with Gasteiger partial charge < -0.3 is 15.5 Å². The topological polar surface area (TPSA) is 52.5 Å². The molecular weight excluding hydrogens is 226 g/mol. The number of fused-ring (bicyclic) bond motifs is 1. The molecule has 3 heteroatoms.